The van der Waals surface area contributed by atoms with Crippen molar-refractivity contribution in [3.63, 3.8) is 0 Å². The van der Waals surface area contributed by atoms with Crippen LogP contribution in [0, 0.1) is 21.4 Å². The normalized spacial score (nSPS) is 10.2. The topological polar surface area (TPSA) is 113 Å². The molecule has 7 nitrogen and oxygen atoms in total. The Bertz CT molecular complexity index is 964. The van der Waals surface area contributed by atoms with Crippen molar-refractivity contribution in [1.82, 2.24) is 4.98 Å². The molecule has 0 unspecified atom stereocenters. The second-order valence-electron chi connectivity index (χ2n) is 4.69. The van der Waals surface area contributed by atoms with E-state index in [4.69, 9.17) is 4.42 Å². The van der Waals surface area contributed by atoms with Gasteiger partial charge in [-0.05, 0) is 35.9 Å². The van der Waals surface area contributed by atoms with Crippen LogP contribution in [0.5, 0.6) is 0 Å². The Labute approximate surface area is 129 Å². The van der Waals surface area contributed by atoms with Gasteiger partial charge in [0.2, 0.25) is 0 Å². The zero-order valence-corrected chi connectivity index (χ0v) is 11.6. The van der Waals surface area contributed by atoms with Crippen LogP contribution >= 0.6 is 0 Å². The highest BCUT2D eigenvalue weighted by Crippen LogP contribution is 2.27. The zero-order chi connectivity index (χ0) is 16.4. The third-order valence-electron chi connectivity index (χ3n) is 3.32. The summed E-state index contributed by atoms with van der Waals surface area (Å²) in [5.41, 5.74) is 0.670. The van der Waals surface area contributed by atoms with Crippen LogP contribution < -0.4 is 5.56 Å². The molecule has 0 radical (unpaired) electrons. The van der Waals surface area contributed by atoms with Crippen molar-refractivity contribution in [1.29, 1.82) is 5.26 Å². The predicted octanol–water partition coefficient (Wildman–Crippen LogP) is 3.08. The third-order valence-corrected chi connectivity index (χ3v) is 3.32. The van der Waals surface area contributed by atoms with Gasteiger partial charge in [-0.2, -0.15) is 5.26 Å². The van der Waals surface area contributed by atoms with Gasteiger partial charge in [-0.3, -0.25) is 14.9 Å². The smallest absolute Gasteiger partial charge is 0.269 e. The molecule has 0 atom stereocenters. The number of nitro benzene ring substituents is 1. The molecule has 0 saturated carbocycles. The summed E-state index contributed by atoms with van der Waals surface area (Å²) in [6, 6.07) is 12.5. The van der Waals surface area contributed by atoms with Crippen molar-refractivity contribution < 1.29 is 9.34 Å². The monoisotopic (exact) mass is 307 g/mol. The van der Waals surface area contributed by atoms with Gasteiger partial charge in [-0.15, -0.1) is 0 Å². The summed E-state index contributed by atoms with van der Waals surface area (Å²) < 4.78 is 5.25. The maximum Gasteiger partial charge on any atom is 0.269 e. The Hall–Kier alpha value is -3.66. The number of nitrogens with one attached hydrogen (secondary N) is 1. The number of H-pyrrole nitrogens is 1. The maximum absolute atomic E-state index is 12.1. The predicted molar refractivity (Wildman–Crippen MR) is 81.6 cm³/mol. The van der Waals surface area contributed by atoms with Gasteiger partial charge in [-0.1, -0.05) is 0 Å². The molecule has 3 rings (SSSR count). The molecule has 0 aliphatic heterocycles. The van der Waals surface area contributed by atoms with E-state index in [1.807, 2.05) is 6.07 Å². The highest BCUT2D eigenvalue weighted by atomic mass is 16.6. The first-order valence-electron chi connectivity index (χ1n) is 6.56. The van der Waals surface area contributed by atoms with E-state index in [9.17, 15) is 20.2 Å². The molecule has 1 N–H and O–H groups in total. The summed E-state index contributed by atoms with van der Waals surface area (Å²) in [4.78, 5) is 24.9. The van der Waals surface area contributed by atoms with Gasteiger partial charge in [0.25, 0.3) is 11.2 Å². The largest absolute Gasteiger partial charge is 0.463 e. The second kappa shape index (κ2) is 5.61. The van der Waals surface area contributed by atoms with Crippen molar-refractivity contribution in [2.75, 3.05) is 0 Å². The van der Waals surface area contributed by atoms with E-state index in [0.717, 1.165) is 0 Å². The van der Waals surface area contributed by atoms with Crippen LogP contribution in [-0.4, -0.2) is 9.91 Å². The summed E-state index contributed by atoms with van der Waals surface area (Å²) in [5.74, 6) is 0.453. The lowest BCUT2D eigenvalue weighted by Gasteiger charge is -2.06. The fourth-order valence-corrected chi connectivity index (χ4v) is 2.23. The molecule has 0 amide bonds. The first-order valence-corrected chi connectivity index (χ1v) is 6.56. The van der Waals surface area contributed by atoms with Gasteiger partial charge in [0.05, 0.1) is 16.9 Å². The highest BCUT2D eigenvalue weighted by Gasteiger charge is 2.14. The van der Waals surface area contributed by atoms with Crippen LogP contribution in [0.3, 0.4) is 0 Å². The summed E-state index contributed by atoms with van der Waals surface area (Å²) in [6.45, 7) is 0. The molecule has 0 spiro atoms. The minimum atomic E-state index is -0.547. The number of pyridine rings is 1. The lowest BCUT2D eigenvalue weighted by molar-refractivity contribution is -0.384. The number of nitriles is 1. The molecule has 1 aromatic carbocycles. The molecule has 0 saturated heterocycles. The summed E-state index contributed by atoms with van der Waals surface area (Å²) >= 11 is 0. The van der Waals surface area contributed by atoms with E-state index < -0.39 is 10.5 Å². The fraction of sp³-hybridized carbons (Fsp3) is 0. The minimum Gasteiger partial charge on any atom is -0.463 e. The number of hydrogen-bond donors (Lipinski definition) is 1. The van der Waals surface area contributed by atoms with Crippen molar-refractivity contribution >= 4 is 5.69 Å². The van der Waals surface area contributed by atoms with Gasteiger partial charge < -0.3 is 9.40 Å². The van der Waals surface area contributed by atoms with E-state index in [2.05, 4.69) is 4.98 Å². The average Bonchev–Trinajstić information content (AvgIpc) is 3.08. The number of nitro groups is 1. The number of benzene rings is 1. The van der Waals surface area contributed by atoms with Gasteiger partial charge in [0.1, 0.15) is 17.4 Å². The highest BCUT2D eigenvalue weighted by molar-refractivity contribution is 5.74. The van der Waals surface area contributed by atoms with Gasteiger partial charge in [-0.25, -0.2) is 0 Å². The van der Waals surface area contributed by atoms with E-state index in [1.54, 1.807) is 18.2 Å². The minimum absolute atomic E-state index is 0.0610. The molecule has 2 heterocycles. The number of rotatable bonds is 3. The number of non-ortho nitro benzene ring substituents is 1. The zero-order valence-electron chi connectivity index (χ0n) is 11.6. The van der Waals surface area contributed by atoms with Crippen LogP contribution in [0.2, 0.25) is 0 Å². The Morgan fingerprint density at radius 1 is 1.22 bits per heavy atom. The van der Waals surface area contributed by atoms with Crippen molar-refractivity contribution in [3.8, 4) is 28.7 Å². The third kappa shape index (κ3) is 2.61. The lowest BCUT2D eigenvalue weighted by Crippen LogP contribution is -2.12. The lowest BCUT2D eigenvalue weighted by atomic mass is 10.0. The van der Waals surface area contributed by atoms with E-state index >= 15 is 0 Å². The Morgan fingerprint density at radius 2 is 1.96 bits per heavy atom. The molecular weight excluding hydrogens is 298 g/mol. The van der Waals surface area contributed by atoms with Crippen molar-refractivity contribution in [2.45, 2.75) is 0 Å². The van der Waals surface area contributed by atoms with Crippen LogP contribution in [0.25, 0.3) is 22.6 Å². The van der Waals surface area contributed by atoms with Crippen LogP contribution in [0.4, 0.5) is 5.69 Å². The summed E-state index contributed by atoms with van der Waals surface area (Å²) in [6.07, 6.45) is 1.47. The number of aromatic nitrogens is 1. The summed E-state index contributed by atoms with van der Waals surface area (Å²) in [5, 5.41) is 19.9. The van der Waals surface area contributed by atoms with Gasteiger partial charge >= 0.3 is 0 Å². The molecule has 2 aromatic heterocycles. The van der Waals surface area contributed by atoms with Gasteiger partial charge in [0.15, 0.2) is 0 Å². The second-order valence-corrected chi connectivity index (χ2v) is 4.69. The maximum atomic E-state index is 12.1. The molecule has 3 aromatic rings. The molecule has 0 bridgehead atoms. The number of furan rings is 1. The first kappa shape index (κ1) is 14.3. The Morgan fingerprint density at radius 3 is 2.52 bits per heavy atom. The number of aromatic amines is 1. The van der Waals surface area contributed by atoms with Crippen LogP contribution in [0.1, 0.15) is 5.56 Å². The van der Waals surface area contributed by atoms with E-state index in [0.29, 0.717) is 22.6 Å². The van der Waals surface area contributed by atoms with Crippen molar-refractivity contribution in [2.24, 2.45) is 0 Å². The molecule has 0 aliphatic carbocycles. The van der Waals surface area contributed by atoms with E-state index in [-0.39, 0.29) is 11.3 Å². The summed E-state index contributed by atoms with van der Waals surface area (Å²) in [7, 11) is 0. The van der Waals surface area contributed by atoms with Crippen molar-refractivity contribution in [3.05, 3.63) is 74.8 Å². The molecule has 23 heavy (non-hydrogen) atoms. The Balaban J connectivity index is 2.19. The Kier molecular flexibility index (Phi) is 3.49. The SMILES string of the molecule is N#Cc1c(-c2ccc([N+](=O)[O-])cc2)cc(-c2ccco2)[nH]c1=O. The molecular formula is C16H9N3O4. The van der Waals surface area contributed by atoms with Gasteiger partial charge in [0, 0.05) is 17.7 Å². The van der Waals surface area contributed by atoms with Crippen LogP contribution in [-0.2, 0) is 0 Å². The molecule has 0 aliphatic rings. The van der Waals surface area contributed by atoms with Crippen LogP contribution in [0.15, 0.2) is 57.9 Å². The molecule has 7 heteroatoms. The molecule has 0 fully saturated rings. The molecule has 112 valence electrons. The average molecular weight is 307 g/mol. The van der Waals surface area contributed by atoms with E-state index in [1.165, 1.54) is 30.5 Å². The first-order chi connectivity index (χ1) is 11.1. The fourth-order valence-electron chi connectivity index (χ4n) is 2.23. The number of hydrogen-bond acceptors (Lipinski definition) is 5. The quantitative estimate of drug-likeness (QED) is 0.590. The number of nitrogens with zero attached hydrogens (tertiary/aromatic N) is 2. The standard InChI is InChI=1S/C16H9N3O4/c17-9-13-12(10-3-5-11(6-4-10)19(21)22)8-14(18-16(13)20)15-2-1-7-23-15/h1-8H,(H,18,20).